The number of hydrogen-bond donors (Lipinski definition) is 0. The number of carbonyl (C=O) groups excluding carboxylic acids is 1. The molecule has 4 fully saturated rings. The van der Waals surface area contributed by atoms with Crippen molar-refractivity contribution >= 4 is 21.9 Å². The first-order valence-corrected chi connectivity index (χ1v) is 17.5. The normalized spacial score (nSPS) is 44.6. The van der Waals surface area contributed by atoms with Gasteiger partial charge in [0.05, 0.1) is 5.41 Å². The molecule has 41 heavy (non-hydrogen) atoms. The van der Waals surface area contributed by atoms with E-state index in [-0.39, 0.29) is 28.1 Å². The van der Waals surface area contributed by atoms with E-state index in [1.807, 2.05) is 18.2 Å². The van der Waals surface area contributed by atoms with Crippen LogP contribution in [0.5, 0.6) is 0 Å². The largest absolute Gasteiger partial charge is 0.460 e. The van der Waals surface area contributed by atoms with Crippen molar-refractivity contribution in [2.75, 3.05) is 0 Å². The Morgan fingerprint density at radius 3 is 2.27 bits per heavy atom. The molecule has 0 bridgehead atoms. The molecule has 0 saturated heterocycles. The van der Waals surface area contributed by atoms with Gasteiger partial charge < -0.3 is 4.74 Å². The van der Waals surface area contributed by atoms with Crippen molar-refractivity contribution in [3.8, 4) is 0 Å². The lowest BCUT2D eigenvalue weighted by Crippen LogP contribution is -2.64. The zero-order valence-electron chi connectivity index (χ0n) is 27.2. The van der Waals surface area contributed by atoms with E-state index in [1.54, 1.807) is 5.57 Å². The molecule has 4 saturated carbocycles. The Balaban J connectivity index is 1.40. The standard InChI is InChI=1S/C38H55BrO2/c1-25-14-16-35(6)29(34(25,4)5)15-17-36(7)30(35)22-28(39)31-27-23-33(2,3)18-20-38(27,21-19-37(31,36)8)32(40)41-24-26-12-10-9-11-13-26/h9-13,25,27,29-30H,14-24H2,1-8H3/t25-,27?,29?,30?,35-,36+,37+,38-/m0/s1. The van der Waals surface area contributed by atoms with Crippen molar-refractivity contribution in [1.29, 1.82) is 0 Å². The highest BCUT2D eigenvalue weighted by molar-refractivity contribution is 9.11. The summed E-state index contributed by atoms with van der Waals surface area (Å²) in [7, 11) is 0. The van der Waals surface area contributed by atoms with Crippen LogP contribution in [0, 0.1) is 56.2 Å². The smallest absolute Gasteiger partial charge is 0.313 e. The number of carbonyl (C=O) groups is 1. The van der Waals surface area contributed by atoms with Crippen molar-refractivity contribution in [3.63, 3.8) is 0 Å². The van der Waals surface area contributed by atoms with Gasteiger partial charge in [0.25, 0.3) is 0 Å². The van der Waals surface area contributed by atoms with Gasteiger partial charge in [-0.25, -0.2) is 0 Å². The zero-order chi connectivity index (χ0) is 29.6. The summed E-state index contributed by atoms with van der Waals surface area (Å²) >= 11 is 4.31. The summed E-state index contributed by atoms with van der Waals surface area (Å²) in [5.41, 5.74) is 3.64. The van der Waals surface area contributed by atoms with E-state index in [1.165, 1.54) is 30.2 Å². The number of rotatable bonds is 3. The molecule has 0 aromatic heterocycles. The number of esters is 1. The number of benzene rings is 1. The van der Waals surface area contributed by atoms with E-state index in [4.69, 9.17) is 4.74 Å². The van der Waals surface area contributed by atoms with Gasteiger partial charge in [-0.1, -0.05) is 102 Å². The molecule has 8 atom stereocenters. The highest BCUT2D eigenvalue weighted by atomic mass is 79.9. The van der Waals surface area contributed by atoms with Gasteiger partial charge in [0, 0.05) is 0 Å². The molecule has 0 aliphatic heterocycles. The van der Waals surface area contributed by atoms with Gasteiger partial charge in [-0.05, 0) is 131 Å². The fourth-order valence-electron chi connectivity index (χ4n) is 11.7. The summed E-state index contributed by atoms with van der Waals surface area (Å²) in [5.74, 6) is 2.57. The van der Waals surface area contributed by atoms with Crippen LogP contribution < -0.4 is 0 Å². The summed E-state index contributed by atoms with van der Waals surface area (Å²) in [6.07, 6.45) is 11.7. The predicted molar refractivity (Wildman–Crippen MR) is 172 cm³/mol. The number of fused-ring (bicyclic) bond motifs is 7. The van der Waals surface area contributed by atoms with Crippen LogP contribution in [0.1, 0.15) is 125 Å². The van der Waals surface area contributed by atoms with Crippen molar-refractivity contribution in [2.24, 2.45) is 56.2 Å². The predicted octanol–water partition coefficient (Wildman–Crippen LogP) is 10.9. The van der Waals surface area contributed by atoms with Gasteiger partial charge in [-0.15, -0.1) is 0 Å². The molecular weight excluding hydrogens is 568 g/mol. The summed E-state index contributed by atoms with van der Waals surface area (Å²) in [5, 5.41) is 0. The van der Waals surface area contributed by atoms with E-state index in [9.17, 15) is 4.79 Å². The minimum absolute atomic E-state index is 0.0580. The van der Waals surface area contributed by atoms with Gasteiger partial charge in [-0.2, -0.15) is 0 Å². The van der Waals surface area contributed by atoms with Crippen LogP contribution in [-0.2, 0) is 16.1 Å². The minimum atomic E-state index is -0.398. The van der Waals surface area contributed by atoms with Gasteiger partial charge in [-0.3, -0.25) is 4.79 Å². The van der Waals surface area contributed by atoms with E-state index in [0.717, 1.165) is 55.9 Å². The Morgan fingerprint density at radius 2 is 1.56 bits per heavy atom. The maximum Gasteiger partial charge on any atom is 0.313 e. The summed E-state index contributed by atoms with van der Waals surface area (Å²) in [6, 6.07) is 10.2. The second kappa shape index (κ2) is 9.70. The third-order valence-corrected chi connectivity index (χ3v) is 15.6. The Hall–Kier alpha value is -1.09. The average Bonchev–Trinajstić information content (AvgIpc) is 2.91. The van der Waals surface area contributed by atoms with Crippen molar-refractivity contribution in [1.82, 2.24) is 0 Å². The molecule has 226 valence electrons. The topological polar surface area (TPSA) is 26.3 Å². The highest BCUT2D eigenvalue weighted by Crippen LogP contribution is 2.77. The van der Waals surface area contributed by atoms with E-state index >= 15 is 0 Å². The highest BCUT2D eigenvalue weighted by Gasteiger charge is 2.70. The molecule has 3 heteroatoms. The minimum Gasteiger partial charge on any atom is -0.460 e. The molecular formula is C38H55BrO2. The van der Waals surface area contributed by atoms with Crippen LogP contribution in [0.15, 0.2) is 40.4 Å². The number of hydrogen-bond acceptors (Lipinski definition) is 2. The van der Waals surface area contributed by atoms with Crippen molar-refractivity contribution < 1.29 is 9.53 Å². The summed E-state index contributed by atoms with van der Waals surface area (Å²) in [4.78, 5) is 14.3. The van der Waals surface area contributed by atoms with Crippen LogP contribution >= 0.6 is 15.9 Å². The molecule has 1 aromatic carbocycles. The van der Waals surface area contributed by atoms with Gasteiger partial charge in [0.2, 0.25) is 0 Å². The molecule has 3 unspecified atom stereocenters. The van der Waals surface area contributed by atoms with E-state index in [2.05, 4.69) is 83.5 Å². The van der Waals surface area contributed by atoms with Gasteiger partial charge in [0.15, 0.2) is 0 Å². The molecule has 1 aromatic rings. The van der Waals surface area contributed by atoms with Crippen LogP contribution in [0.3, 0.4) is 0 Å². The third kappa shape index (κ3) is 4.23. The summed E-state index contributed by atoms with van der Waals surface area (Å²) < 4.78 is 7.67. The van der Waals surface area contributed by atoms with Crippen LogP contribution in [0.2, 0.25) is 0 Å². The molecule has 0 radical (unpaired) electrons. The Labute approximate surface area is 259 Å². The zero-order valence-corrected chi connectivity index (χ0v) is 28.8. The second-order valence-corrected chi connectivity index (χ2v) is 18.3. The Morgan fingerprint density at radius 1 is 0.878 bits per heavy atom. The van der Waals surface area contributed by atoms with Crippen LogP contribution in [-0.4, -0.2) is 5.97 Å². The summed E-state index contributed by atoms with van der Waals surface area (Å²) in [6.45, 7) is 20.9. The van der Waals surface area contributed by atoms with Gasteiger partial charge >= 0.3 is 5.97 Å². The van der Waals surface area contributed by atoms with Crippen molar-refractivity contribution in [3.05, 3.63) is 46.0 Å². The lowest BCUT2D eigenvalue weighted by molar-refractivity contribution is -0.197. The Kier molecular flexibility index (Phi) is 7.09. The Bertz CT molecular complexity index is 1230. The molecule has 5 aliphatic carbocycles. The fourth-order valence-corrected chi connectivity index (χ4v) is 12.7. The fraction of sp³-hybridized carbons (Fsp3) is 0.763. The molecule has 2 nitrogen and oxygen atoms in total. The average molecular weight is 624 g/mol. The number of ether oxygens (including phenoxy) is 1. The molecule has 0 spiro atoms. The number of halogens is 1. The SMILES string of the molecule is C[C@H]1CC[C@@]2(C)C(CC[C@]3(C)C2CC(Br)=C2C4CC(C)(C)CC[C@]4(C(=O)OCc4ccccc4)CC[C@]23C)C1(C)C. The molecule has 5 aliphatic rings. The monoisotopic (exact) mass is 622 g/mol. The lowest BCUT2D eigenvalue weighted by atomic mass is 9.33. The maximum atomic E-state index is 14.3. The van der Waals surface area contributed by atoms with E-state index in [0.29, 0.717) is 23.4 Å². The first-order valence-electron chi connectivity index (χ1n) is 16.7. The maximum absolute atomic E-state index is 14.3. The number of allylic oxidation sites excluding steroid dienone is 2. The molecule has 0 N–H and O–H groups in total. The molecule has 6 rings (SSSR count). The van der Waals surface area contributed by atoms with Gasteiger partial charge in [0.1, 0.15) is 6.61 Å². The van der Waals surface area contributed by atoms with E-state index < -0.39 is 5.41 Å². The second-order valence-electron chi connectivity index (χ2n) is 17.3. The lowest BCUT2D eigenvalue weighted by Gasteiger charge is -2.71. The molecule has 0 amide bonds. The third-order valence-electron chi connectivity index (χ3n) is 14.8. The molecule has 0 heterocycles. The first-order chi connectivity index (χ1) is 19.1. The quantitative estimate of drug-likeness (QED) is 0.313. The first kappa shape index (κ1) is 30.0. The van der Waals surface area contributed by atoms with Crippen LogP contribution in [0.25, 0.3) is 0 Å². The van der Waals surface area contributed by atoms with Crippen LogP contribution in [0.4, 0.5) is 0 Å². The van der Waals surface area contributed by atoms with Crippen molar-refractivity contribution in [2.45, 2.75) is 126 Å².